The van der Waals surface area contributed by atoms with Gasteiger partial charge in [0, 0.05) is 19.3 Å². The molecule has 1 aliphatic carbocycles. The highest BCUT2D eigenvalue weighted by atomic mass is 17.4. The van der Waals surface area contributed by atoms with Gasteiger partial charge in [-0.3, -0.25) is 0 Å². The van der Waals surface area contributed by atoms with Gasteiger partial charge in [-0.15, -0.1) is 0 Å². The van der Waals surface area contributed by atoms with Gasteiger partial charge in [-0.1, -0.05) is 19.8 Å². The van der Waals surface area contributed by atoms with Crippen LogP contribution in [0, 0.1) is 0 Å². The average molecular weight is 202 g/mol. The molecule has 1 heterocycles. The molecular weight excluding hydrogens is 184 g/mol. The van der Waals surface area contributed by atoms with Gasteiger partial charge in [-0.05, 0) is 12.8 Å². The second-order valence-electron chi connectivity index (χ2n) is 4.05. The van der Waals surface area contributed by atoms with Gasteiger partial charge in [0.25, 0.3) is 0 Å². The summed E-state index contributed by atoms with van der Waals surface area (Å²) in [6, 6.07) is 0. The maximum atomic E-state index is 5.32. The number of hydrogen-bond acceptors (Lipinski definition) is 4. The van der Waals surface area contributed by atoms with Gasteiger partial charge in [-0.2, -0.15) is 19.6 Å². The van der Waals surface area contributed by atoms with Crippen LogP contribution in [-0.2, 0) is 19.6 Å². The highest BCUT2D eigenvalue weighted by molar-refractivity contribution is 4.73. The summed E-state index contributed by atoms with van der Waals surface area (Å²) in [4.78, 5) is 21.0. The summed E-state index contributed by atoms with van der Waals surface area (Å²) in [5, 5.41) is 0. The summed E-state index contributed by atoms with van der Waals surface area (Å²) in [5.41, 5.74) is 0. The van der Waals surface area contributed by atoms with E-state index in [1.165, 1.54) is 6.42 Å². The molecule has 1 saturated carbocycles. The molecule has 4 nitrogen and oxygen atoms in total. The first-order chi connectivity index (χ1) is 6.85. The maximum Gasteiger partial charge on any atom is 0.234 e. The van der Waals surface area contributed by atoms with E-state index >= 15 is 0 Å². The lowest BCUT2D eigenvalue weighted by Crippen LogP contribution is -2.45. The molecule has 2 fully saturated rings. The van der Waals surface area contributed by atoms with Crippen molar-refractivity contribution in [3.8, 4) is 0 Å². The van der Waals surface area contributed by atoms with Crippen molar-refractivity contribution < 1.29 is 19.6 Å². The summed E-state index contributed by atoms with van der Waals surface area (Å²) in [6.07, 6.45) is 6.65. The molecule has 0 unspecified atom stereocenters. The predicted molar refractivity (Wildman–Crippen MR) is 48.9 cm³/mol. The fourth-order valence-electron chi connectivity index (χ4n) is 1.90. The van der Waals surface area contributed by atoms with Crippen molar-refractivity contribution in [2.45, 2.75) is 63.9 Å². The average Bonchev–Trinajstić information content (AvgIpc) is 2.24. The Morgan fingerprint density at radius 3 is 2.29 bits per heavy atom. The fraction of sp³-hybridized carbons (Fsp3) is 1.00. The first-order valence-electron chi connectivity index (χ1n) is 5.54. The van der Waals surface area contributed by atoms with E-state index in [1.807, 2.05) is 0 Å². The lowest BCUT2D eigenvalue weighted by Gasteiger charge is -2.38. The van der Waals surface area contributed by atoms with Gasteiger partial charge < -0.3 is 0 Å². The van der Waals surface area contributed by atoms with E-state index in [0.717, 1.165) is 38.5 Å². The van der Waals surface area contributed by atoms with Gasteiger partial charge in [0.1, 0.15) is 0 Å². The topological polar surface area (TPSA) is 36.9 Å². The summed E-state index contributed by atoms with van der Waals surface area (Å²) in [7, 11) is 0. The normalized spacial score (nSPS) is 28.1. The third-order valence-electron chi connectivity index (χ3n) is 2.75. The summed E-state index contributed by atoms with van der Waals surface area (Å²) < 4.78 is 0. The molecule has 1 aliphatic heterocycles. The molecule has 0 radical (unpaired) electrons. The zero-order chi connectivity index (χ0) is 9.86. The van der Waals surface area contributed by atoms with Crippen LogP contribution >= 0.6 is 0 Å². The molecule has 0 aromatic rings. The predicted octanol–water partition coefficient (Wildman–Crippen LogP) is 2.68. The molecule has 0 amide bonds. The summed E-state index contributed by atoms with van der Waals surface area (Å²) >= 11 is 0. The Kier molecular flexibility index (Phi) is 3.38. The van der Waals surface area contributed by atoms with E-state index in [2.05, 4.69) is 6.92 Å². The Hall–Kier alpha value is -0.160. The van der Waals surface area contributed by atoms with Gasteiger partial charge >= 0.3 is 0 Å². The first-order valence-corrected chi connectivity index (χ1v) is 5.54. The molecular formula is C10H18O4. The molecule has 0 N–H and O–H groups in total. The quantitative estimate of drug-likeness (QED) is 0.645. The number of rotatable bonds is 2. The minimum absolute atomic E-state index is 0.354. The van der Waals surface area contributed by atoms with Crippen LogP contribution in [0.15, 0.2) is 0 Å². The zero-order valence-electron chi connectivity index (χ0n) is 8.66. The van der Waals surface area contributed by atoms with Crippen LogP contribution in [0.5, 0.6) is 0 Å². The molecule has 4 heteroatoms. The lowest BCUT2D eigenvalue weighted by atomic mass is 9.94. The lowest BCUT2D eigenvalue weighted by molar-refractivity contribution is -0.629. The Balaban J connectivity index is 1.81. The third kappa shape index (κ3) is 2.25. The standard InChI is InChI=1S/C10H18O4/c1-2-6-9-11-13-10(14-12-9)7-4-3-5-8-10/h9H,2-8H2,1H3. The molecule has 0 aromatic heterocycles. The largest absolute Gasteiger partial charge is 0.234 e. The van der Waals surface area contributed by atoms with E-state index in [0.29, 0.717) is 0 Å². The second-order valence-corrected chi connectivity index (χ2v) is 4.05. The SMILES string of the molecule is CCCC1OOC2(CCCCC2)OO1. The van der Waals surface area contributed by atoms with Crippen molar-refractivity contribution in [2.75, 3.05) is 0 Å². The van der Waals surface area contributed by atoms with Crippen LogP contribution in [0.2, 0.25) is 0 Å². The molecule has 2 rings (SSSR count). The zero-order valence-corrected chi connectivity index (χ0v) is 8.66. The van der Waals surface area contributed by atoms with Crippen molar-refractivity contribution in [3.05, 3.63) is 0 Å². The molecule has 1 saturated heterocycles. The van der Waals surface area contributed by atoms with Gasteiger partial charge in [-0.25, -0.2) is 0 Å². The van der Waals surface area contributed by atoms with Gasteiger partial charge in [0.05, 0.1) is 0 Å². The monoisotopic (exact) mass is 202 g/mol. The Morgan fingerprint density at radius 2 is 1.71 bits per heavy atom. The van der Waals surface area contributed by atoms with Crippen LogP contribution in [0.25, 0.3) is 0 Å². The van der Waals surface area contributed by atoms with Crippen molar-refractivity contribution in [1.82, 2.24) is 0 Å². The van der Waals surface area contributed by atoms with E-state index in [9.17, 15) is 0 Å². The van der Waals surface area contributed by atoms with Crippen LogP contribution < -0.4 is 0 Å². The van der Waals surface area contributed by atoms with E-state index < -0.39 is 5.79 Å². The molecule has 82 valence electrons. The molecule has 0 aromatic carbocycles. The molecule has 2 aliphatic rings. The van der Waals surface area contributed by atoms with Gasteiger partial charge in [0.15, 0.2) is 0 Å². The van der Waals surface area contributed by atoms with Crippen LogP contribution in [0.3, 0.4) is 0 Å². The van der Waals surface area contributed by atoms with E-state index in [4.69, 9.17) is 19.6 Å². The summed E-state index contributed by atoms with van der Waals surface area (Å²) in [5.74, 6) is -0.609. The minimum atomic E-state index is -0.609. The van der Waals surface area contributed by atoms with Crippen LogP contribution in [0.1, 0.15) is 51.9 Å². The Labute approximate surface area is 84.3 Å². The highest BCUT2D eigenvalue weighted by Gasteiger charge is 2.42. The Bertz CT molecular complexity index is 167. The molecule has 1 spiro atoms. The first kappa shape index (κ1) is 10.4. The second kappa shape index (κ2) is 4.57. The number of hydrogen-bond donors (Lipinski definition) is 0. The van der Waals surface area contributed by atoms with Crippen molar-refractivity contribution in [2.24, 2.45) is 0 Å². The molecule has 0 atom stereocenters. The van der Waals surface area contributed by atoms with Crippen molar-refractivity contribution >= 4 is 0 Å². The van der Waals surface area contributed by atoms with Crippen molar-refractivity contribution in [3.63, 3.8) is 0 Å². The maximum absolute atomic E-state index is 5.32. The molecule has 14 heavy (non-hydrogen) atoms. The van der Waals surface area contributed by atoms with Crippen LogP contribution in [0.4, 0.5) is 0 Å². The summed E-state index contributed by atoms with van der Waals surface area (Å²) in [6.45, 7) is 2.07. The smallest absolute Gasteiger partial charge is 0.198 e. The van der Waals surface area contributed by atoms with Gasteiger partial charge in [0.2, 0.25) is 12.1 Å². The third-order valence-corrected chi connectivity index (χ3v) is 2.75. The van der Waals surface area contributed by atoms with E-state index in [-0.39, 0.29) is 6.29 Å². The Morgan fingerprint density at radius 1 is 1.07 bits per heavy atom. The fourth-order valence-corrected chi connectivity index (χ4v) is 1.90. The minimum Gasteiger partial charge on any atom is -0.198 e. The van der Waals surface area contributed by atoms with Crippen molar-refractivity contribution in [1.29, 1.82) is 0 Å². The van der Waals surface area contributed by atoms with E-state index in [1.54, 1.807) is 0 Å². The highest BCUT2D eigenvalue weighted by Crippen LogP contribution is 2.36. The van der Waals surface area contributed by atoms with Crippen LogP contribution in [-0.4, -0.2) is 12.1 Å². The molecule has 0 bridgehead atoms.